The largest absolute Gasteiger partial charge is 0.312 e. The number of para-hydroxylation sites is 1. The molecule has 0 saturated heterocycles. The molecule has 0 N–H and O–H groups in total. The van der Waals surface area contributed by atoms with E-state index in [4.69, 9.17) is 0 Å². The van der Waals surface area contributed by atoms with Crippen molar-refractivity contribution in [2.45, 2.75) is 25.8 Å². The lowest BCUT2D eigenvalue weighted by Crippen LogP contribution is -2.39. The van der Waals surface area contributed by atoms with Gasteiger partial charge in [-0.2, -0.15) is 4.31 Å². The molecular formula is C20H22N2O3S. The van der Waals surface area contributed by atoms with Crippen LogP contribution in [0, 0.1) is 0 Å². The number of nitrogens with zero attached hydrogens (tertiary/aromatic N) is 2. The van der Waals surface area contributed by atoms with E-state index in [0.717, 1.165) is 29.7 Å². The molecule has 2 aliphatic heterocycles. The topological polar surface area (TPSA) is 57.7 Å². The van der Waals surface area contributed by atoms with Gasteiger partial charge in [0.2, 0.25) is 15.9 Å². The molecule has 0 radical (unpaired) electrons. The second-order valence-corrected chi connectivity index (χ2v) is 8.93. The smallest absolute Gasteiger partial charge is 0.228 e. The maximum Gasteiger partial charge on any atom is 0.228 e. The Bertz CT molecular complexity index is 940. The predicted molar refractivity (Wildman–Crippen MR) is 101 cm³/mol. The fraction of sp³-hybridized carbons (Fsp3) is 0.350. The first-order chi connectivity index (χ1) is 12.5. The van der Waals surface area contributed by atoms with Crippen LogP contribution in [0.2, 0.25) is 0 Å². The summed E-state index contributed by atoms with van der Waals surface area (Å²) in [6, 6.07) is 15.8. The van der Waals surface area contributed by atoms with Crippen LogP contribution < -0.4 is 4.90 Å². The van der Waals surface area contributed by atoms with E-state index in [2.05, 4.69) is 0 Å². The van der Waals surface area contributed by atoms with Crippen LogP contribution in [0.3, 0.4) is 0 Å². The van der Waals surface area contributed by atoms with Crippen molar-refractivity contribution in [2.75, 3.05) is 23.7 Å². The van der Waals surface area contributed by atoms with Crippen LogP contribution in [-0.2, 0) is 34.2 Å². The van der Waals surface area contributed by atoms with Gasteiger partial charge in [0.1, 0.15) is 0 Å². The van der Waals surface area contributed by atoms with Gasteiger partial charge in [0.15, 0.2) is 0 Å². The number of carbonyl (C=O) groups excluding carboxylic acids is 1. The predicted octanol–water partition coefficient (Wildman–Crippen LogP) is 2.35. The number of rotatable bonds is 4. The van der Waals surface area contributed by atoms with Gasteiger partial charge < -0.3 is 4.90 Å². The van der Waals surface area contributed by atoms with Crippen LogP contribution in [0.25, 0.3) is 0 Å². The van der Waals surface area contributed by atoms with E-state index in [0.29, 0.717) is 19.6 Å². The summed E-state index contributed by atoms with van der Waals surface area (Å²) >= 11 is 0. The molecule has 2 aromatic rings. The van der Waals surface area contributed by atoms with Crippen molar-refractivity contribution in [3.8, 4) is 0 Å². The molecule has 2 aliphatic rings. The molecule has 0 aromatic heterocycles. The van der Waals surface area contributed by atoms with Crippen molar-refractivity contribution in [2.24, 2.45) is 0 Å². The molecule has 26 heavy (non-hydrogen) atoms. The SMILES string of the molecule is O=C(CCS(=O)(=O)N1CCc2ccccc2C1)N1CCc2ccccc21. The third-order valence-electron chi connectivity index (χ3n) is 5.25. The van der Waals surface area contributed by atoms with Crippen LogP contribution in [0.4, 0.5) is 5.69 Å². The lowest BCUT2D eigenvalue weighted by Gasteiger charge is -2.28. The Morgan fingerprint density at radius 2 is 1.54 bits per heavy atom. The molecule has 4 rings (SSSR count). The Morgan fingerprint density at radius 1 is 0.885 bits per heavy atom. The first-order valence-corrected chi connectivity index (χ1v) is 10.6. The van der Waals surface area contributed by atoms with Crippen molar-refractivity contribution < 1.29 is 13.2 Å². The number of anilines is 1. The molecule has 0 saturated carbocycles. The molecule has 6 heteroatoms. The Kier molecular flexibility index (Phi) is 4.54. The fourth-order valence-corrected chi connectivity index (χ4v) is 5.18. The molecule has 2 heterocycles. The molecule has 0 spiro atoms. The second kappa shape index (κ2) is 6.85. The summed E-state index contributed by atoms with van der Waals surface area (Å²) in [5.41, 5.74) is 4.34. The first kappa shape index (κ1) is 17.2. The normalized spacial score (nSPS) is 17.0. The number of sulfonamides is 1. The molecule has 136 valence electrons. The van der Waals surface area contributed by atoms with E-state index in [-0.39, 0.29) is 18.1 Å². The lowest BCUT2D eigenvalue weighted by atomic mass is 10.0. The monoisotopic (exact) mass is 370 g/mol. The molecule has 2 aromatic carbocycles. The zero-order valence-corrected chi connectivity index (χ0v) is 15.4. The number of hydrogen-bond donors (Lipinski definition) is 0. The lowest BCUT2D eigenvalue weighted by molar-refractivity contribution is -0.118. The van der Waals surface area contributed by atoms with E-state index >= 15 is 0 Å². The third kappa shape index (κ3) is 3.27. The van der Waals surface area contributed by atoms with Gasteiger partial charge in [-0.25, -0.2) is 8.42 Å². The highest BCUT2D eigenvalue weighted by Crippen LogP contribution is 2.28. The Labute approximate surface area is 154 Å². The summed E-state index contributed by atoms with van der Waals surface area (Å²) in [5, 5.41) is 0. The van der Waals surface area contributed by atoms with E-state index in [1.54, 1.807) is 4.90 Å². The molecule has 0 bridgehead atoms. The van der Waals surface area contributed by atoms with E-state index < -0.39 is 10.0 Å². The van der Waals surface area contributed by atoms with Crippen molar-refractivity contribution in [3.63, 3.8) is 0 Å². The highest BCUT2D eigenvalue weighted by Gasteiger charge is 2.29. The quantitative estimate of drug-likeness (QED) is 0.830. The fourth-order valence-electron chi connectivity index (χ4n) is 3.78. The Hall–Kier alpha value is -2.18. The van der Waals surface area contributed by atoms with Crippen LogP contribution in [0.15, 0.2) is 48.5 Å². The molecule has 5 nitrogen and oxygen atoms in total. The van der Waals surface area contributed by atoms with Gasteiger partial charge >= 0.3 is 0 Å². The number of benzene rings is 2. The van der Waals surface area contributed by atoms with Gasteiger partial charge in [0.05, 0.1) is 5.75 Å². The molecule has 0 atom stereocenters. The van der Waals surface area contributed by atoms with Crippen molar-refractivity contribution >= 4 is 21.6 Å². The summed E-state index contributed by atoms with van der Waals surface area (Å²) in [6.07, 6.45) is 1.58. The number of fused-ring (bicyclic) bond motifs is 2. The molecule has 1 amide bonds. The summed E-state index contributed by atoms with van der Waals surface area (Å²) in [7, 11) is -3.44. The molecule has 0 fully saturated rings. The van der Waals surface area contributed by atoms with Crippen LogP contribution >= 0.6 is 0 Å². The minimum Gasteiger partial charge on any atom is -0.312 e. The van der Waals surface area contributed by atoms with Crippen LogP contribution in [0.5, 0.6) is 0 Å². The van der Waals surface area contributed by atoms with E-state index in [1.807, 2.05) is 48.5 Å². The van der Waals surface area contributed by atoms with Gasteiger partial charge in [-0.05, 0) is 35.6 Å². The number of hydrogen-bond acceptors (Lipinski definition) is 3. The number of amides is 1. The summed E-state index contributed by atoms with van der Waals surface area (Å²) < 4.78 is 26.9. The Morgan fingerprint density at radius 3 is 2.35 bits per heavy atom. The third-order valence-corrected chi connectivity index (χ3v) is 7.07. The van der Waals surface area contributed by atoms with Crippen molar-refractivity contribution in [3.05, 3.63) is 65.2 Å². The van der Waals surface area contributed by atoms with Crippen LogP contribution in [-0.4, -0.2) is 37.5 Å². The van der Waals surface area contributed by atoms with Crippen LogP contribution in [0.1, 0.15) is 23.1 Å². The van der Waals surface area contributed by atoms with Gasteiger partial charge in [0, 0.05) is 31.7 Å². The zero-order valence-electron chi connectivity index (χ0n) is 14.6. The maximum atomic E-state index is 12.7. The highest BCUT2D eigenvalue weighted by molar-refractivity contribution is 7.89. The van der Waals surface area contributed by atoms with Crippen molar-refractivity contribution in [1.82, 2.24) is 4.31 Å². The number of carbonyl (C=O) groups is 1. The van der Waals surface area contributed by atoms with Gasteiger partial charge in [-0.1, -0.05) is 42.5 Å². The highest BCUT2D eigenvalue weighted by atomic mass is 32.2. The first-order valence-electron chi connectivity index (χ1n) is 8.97. The molecular weight excluding hydrogens is 348 g/mol. The molecule has 0 unspecified atom stereocenters. The minimum absolute atomic E-state index is 0.0226. The standard InChI is InChI=1S/C20H22N2O3S/c23-20(22-13-10-17-6-3-4-8-19(17)22)11-14-26(24,25)21-12-9-16-5-1-2-7-18(16)15-21/h1-8H,9-15H2. The second-order valence-electron chi connectivity index (χ2n) is 6.84. The molecule has 0 aliphatic carbocycles. The summed E-state index contributed by atoms with van der Waals surface area (Å²) in [5.74, 6) is -0.247. The van der Waals surface area contributed by atoms with E-state index in [9.17, 15) is 13.2 Å². The van der Waals surface area contributed by atoms with E-state index in [1.165, 1.54) is 9.87 Å². The Balaban J connectivity index is 1.41. The summed E-state index contributed by atoms with van der Waals surface area (Å²) in [4.78, 5) is 14.3. The van der Waals surface area contributed by atoms with Gasteiger partial charge in [-0.15, -0.1) is 0 Å². The average Bonchev–Trinajstić information content (AvgIpc) is 3.10. The average molecular weight is 370 g/mol. The minimum atomic E-state index is -3.44. The van der Waals surface area contributed by atoms with Crippen molar-refractivity contribution in [1.29, 1.82) is 0 Å². The summed E-state index contributed by atoms with van der Waals surface area (Å²) in [6.45, 7) is 1.52. The van der Waals surface area contributed by atoms with Gasteiger partial charge in [0.25, 0.3) is 0 Å². The maximum absolute atomic E-state index is 12.7. The van der Waals surface area contributed by atoms with Gasteiger partial charge in [-0.3, -0.25) is 4.79 Å². The zero-order chi connectivity index (χ0) is 18.1.